The van der Waals surface area contributed by atoms with Gasteiger partial charge in [-0.2, -0.15) is 0 Å². The molecule has 0 amide bonds. The molecule has 0 aliphatic rings. The van der Waals surface area contributed by atoms with E-state index in [9.17, 15) is 4.39 Å². The van der Waals surface area contributed by atoms with Crippen molar-refractivity contribution in [2.75, 3.05) is 0 Å². The molecule has 4 rings (SSSR count). The molecule has 138 valence electrons. The third kappa shape index (κ3) is 3.51. The first-order valence-electron chi connectivity index (χ1n) is 9.50. The van der Waals surface area contributed by atoms with E-state index >= 15 is 0 Å². The molecule has 0 aliphatic carbocycles. The van der Waals surface area contributed by atoms with E-state index < -0.39 is 7.26 Å². The molecule has 0 N–H and O–H groups in total. The highest BCUT2D eigenvalue weighted by molar-refractivity contribution is 7.95. The lowest BCUT2D eigenvalue weighted by atomic mass is 10.1. The van der Waals surface area contributed by atoms with Gasteiger partial charge in [-0.25, -0.2) is 4.39 Å². The number of aryl methyl sites for hydroxylation is 1. The summed E-state index contributed by atoms with van der Waals surface area (Å²) in [5.74, 6) is -0.146. The predicted molar refractivity (Wildman–Crippen MR) is 120 cm³/mol. The molecular formula is C26H23FP+. The van der Waals surface area contributed by atoms with Crippen LogP contribution < -0.4 is 15.9 Å². The Kier molecular flexibility index (Phi) is 5.37. The maximum absolute atomic E-state index is 13.9. The van der Waals surface area contributed by atoms with E-state index in [1.54, 1.807) is 6.07 Å². The summed E-state index contributed by atoms with van der Waals surface area (Å²) in [5, 5.41) is 4.03. The summed E-state index contributed by atoms with van der Waals surface area (Å²) in [4.78, 5) is 0. The summed E-state index contributed by atoms with van der Waals surface area (Å²) < 4.78 is 13.9. The molecule has 4 aromatic carbocycles. The number of hydrogen-bond acceptors (Lipinski definition) is 0. The Morgan fingerprint density at radius 3 is 1.43 bits per heavy atom. The SMILES string of the molecule is Cc1cc(C[P+](c2ccccc2)(c2ccccc2)c2ccccc2)ccc1F. The van der Waals surface area contributed by atoms with Crippen LogP contribution in [0.15, 0.2) is 109 Å². The summed E-state index contributed by atoms with van der Waals surface area (Å²) in [6, 6.07) is 37.9. The van der Waals surface area contributed by atoms with Gasteiger partial charge in [-0.1, -0.05) is 60.7 Å². The van der Waals surface area contributed by atoms with Crippen LogP contribution in [0.5, 0.6) is 0 Å². The van der Waals surface area contributed by atoms with Crippen LogP contribution in [0.3, 0.4) is 0 Å². The maximum atomic E-state index is 13.9. The van der Waals surface area contributed by atoms with Crippen LogP contribution in [0.4, 0.5) is 4.39 Å². The van der Waals surface area contributed by atoms with Gasteiger partial charge >= 0.3 is 0 Å². The summed E-state index contributed by atoms with van der Waals surface area (Å²) in [6.45, 7) is 1.84. The van der Waals surface area contributed by atoms with Crippen LogP contribution in [-0.2, 0) is 6.16 Å². The molecule has 0 spiro atoms. The summed E-state index contributed by atoms with van der Waals surface area (Å²) >= 11 is 0. The molecule has 0 aromatic heterocycles. The monoisotopic (exact) mass is 385 g/mol. The van der Waals surface area contributed by atoms with Crippen LogP contribution in [-0.4, -0.2) is 0 Å². The second-order valence-corrected chi connectivity index (χ2v) is 10.5. The van der Waals surface area contributed by atoms with Crippen LogP contribution in [0.1, 0.15) is 11.1 Å². The van der Waals surface area contributed by atoms with E-state index in [4.69, 9.17) is 0 Å². The van der Waals surface area contributed by atoms with Crippen molar-refractivity contribution in [3.05, 3.63) is 126 Å². The summed E-state index contributed by atoms with van der Waals surface area (Å²) in [5.41, 5.74) is 1.87. The Bertz CT molecular complexity index is 947. The lowest BCUT2D eigenvalue weighted by Gasteiger charge is -2.28. The van der Waals surface area contributed by atoms with Crippen molar-refractivity contribution in [3.63, 3.8) is 0 Å². The maximum Gasteiger partial charge on any atom is 0.126 e. The highest BCUT2D eigenvalue weighted by atomic mass is 31.2. The van der Waals surface area contributed by atoms with Gasteiger partial charge in [0, 0.05) is 0 Å². The number of rotatable bonds is 5. The van der Waals surface area contributed by atoms with Gasteiger partial charge in [-0.3, -0.25) is 0 Å². The zero-order chi connectivity index (χ0) is 19.4. The lowest BCUT2D eigenvalue weighted by Crippen LogP contribution is -2.32. The number of hydrogen-bond donors (Lipinski definition) is 0. The standard InChI is InChI=1S/C26H23FP/c1-21-19-22(17-18-26(21)27)20-28(23-11-5-2-6-12-23,24-13-7-3-8-14-24)25-15-9-4-10-16-25/h2-19H,20H2,1H3/q+1. The van der Waals surface area contributed by atoms with Gasteiger partial charge in [0.2, 0.25) is 0 Å². The number of halogens is 1. The molecule has 28 heavy (non-hydrogen) atoms. The third-order valence-corrected chi connectivity index (χ3v) is 9.61. The smallest absolute Gasteiger partial charge is 0.126 e. The third-order valence-electron chi connectivity index (χ3n) is 5.23. The van der Waals surface area contributed by atoms with Crippen molar-refractivity contribution in [1.82, 2.24) is 0 Å². The van der Waals surface area contributed by atoms with Crippen LogP contribution in [0, 0.1) is 12.7 Å². The Morgan fingerprint density at radius 2 is 1.04 bits per heavy atom. The van der Waals surface area contributed by atoms with E-state index in [0.717, 1.165) is 6.16 Å². The highest BCUT2D eigenvalue weighted by Gasteiger charge is 2.45. The molecule has 0 radical (unpaired) electrons. The molecule has 2 heteroatoms. The molecule has 0 bridgehead atoms. The molecule has 0 atom stereocenters. The van der Waals surface area contributed by atoms with Crippen LogP contribution in [0.25, 0.3) is 0 Å². The van der Waals surface area contributed by atoms with Gasteiger partial charge in [-0.15, -0.1) is 0 Å². The van der Waals surface area contributed by atoms with Crippen molar-refractivity contribution < 1.29 is 4.39 Å². The molecular weight excluding hydrogens is 362 g/mol. The lowest BCUT2D eigenvalue weighted by molar-refractivity contribution is 0.618. The van der Waals surface area contributed by atoms with Crippen molar-refractivity contribution in [2.24, 2.45) is 0 Å². The molecule has 0 saturated heterocycles. The Morgan fingerprint density at radius 1 is 0.607 bits per heavy atom. The Balaban J connectivity index is 1.99. The molecule has 0 saturated carbocycles. The fourth-order valence-corrected chi connectivity index (χ4v) is 8.08. The fraction of sp³-hybridized carbons (Fsp3) is 0.0769. The van der Waals surface area contributed by atoms with Crippen molar-refractivity contribution >= 4 is 23.2 Å². The first-order valence-corrected chi connectivity index (χ1v) is 11.5. The molecule has 0 heterocycles. The Labute approximate surface area is 167 Å². The van der Waals surface area contributed by atoms with E-state index in [-0.39, 0.29) is 5.82 Å². The van der Waals surface area contributed by atoms with E-state index in [0.29, 0.717) is 5.56 Å². The second-order valence-electron chi connectivity index (χ2n) is 7.06. The molecule has 0 fully saturated rings. The minimum atomic E-state index is -1.93. The highest BCUT2D eigenvalue weighted by Crippen LogP contribution is 2.58. The minimum Gasteiger partial charge on any atom is -0.207 e. The number of benzene rings is 4. The molecule has 0 aliphatic heterocycles. The van der Waals surface area contributed by atoms with Gasteiger partial charge in [0.15, 0.2) is 0 Å². The molecule has 0 unspecified atom stereocenters. The van der Waals surface area contributed by atoms with Gasteiger partial charge in [0.05, 0.1) is 6.16 Å². The van der Waals surface area contributed by atoms with Gasteiger partial charge in [0.1, 0.15) is 29.0 Å². The van der Waals surface area contributed by atoms with E-state index in [1.807, 2.05) is 19.1 Å². The van der Waals surface area contributed by atoms with Crippen molar-refractivity contribution in [2.45, 2.75) is 13.1 Å². The van der Waals surface area contributed by atoms with Crippen LogP contribution in [0.2, 0.25) is 0 Å². The zero-order valence-electron chi connectivity index (χ0n) is 15.9. The molecule has 4 aromatic rings. The Hall–Kier alpha value is -2.76. The second kappa shape index (κ2) is 8.09. The largest absolute Gasteiger partial charge is 0.207 e. The van der Waals surface area contributed by atoms with Crippen molar-refractivity contribution in [1.29, 1.82) is 0 Å². The fourth-order valence-electron chi connectivity index (χ4n) is 3.85. The minimum absolute atomic E-state index is 0.146. The molecule has 0 nitrogen and oxygen atoms in total. The van der Waals surface area contributed by atoms with Gasteiger partial charge < -0.3 is 0 Å². The summed E-state index contributed by atoms with van der Waals surface area (Å²) in [6.07, 6.45) is 0.867. The predicted octanol–water partition coefficient (Wildman–Crippen LogP) is 5.63. The first-order chi connectivity index (χ1) is 13.7. The van der Waals surface area contributed by atoms with Gasteiger partial charge in [0.25, 0.3) is 0 Å². The van der Waals surface area contributed by atoms with Crippen LogP contribution >= 0.6 is 7.26 Å². The summed E-state index contributed by atoms with van der Waals surface area (Å²) in [7, 11) is -1.93. The van der Waals surface area contributed by atoms with Crippen molar-refractivity contribution in [3.8, 4) is 0 Å². The normalized spacial score (nSPS) is 11.4. The van der Waals surface area contributed by atoms with Gasteiger partial charge in [-0.05, 0) is 66.6 Å². The topological polar surface area (TPSA) is 0 Å². The average molecular weight is 385 g/mol. The zero-order valence-corrected chi connectivity index (χ0v) is 16.8. The average Bonchev–Trinajstić information content (AvgIpc) is 2.76. The quantitative estimate of drug-likeness (QED) is 0.391. The first kappa shape index (κ1) is 18.6. The van der Waals surface area contributed by atoms with E-state index in [1.165, 1.54) is 21.5 Å². The van der Waals surface area contributed by atoms with E-state index in [2.05, 4.69) is 91.0 Å².